The maximum atomic E-state index is 12.7. The molecule has 0 saturated heterocycles. The Bertz CT molecular complexity index is 1050. The summed E-state index contributed by atoms with van der Waals surface area (Å²) in [4.78, 5) is 51.0. The molecule has 1 aliphatic rings. The molecule has 1 aliphatic heterocycles. The van der Waals surface area contributed by atoms with Gasteiger partial charge in [-0.2, -0.15) is 5.26 Å². The van der Waals surface area contributed by atoms with Crippen molar-refractivity contribution in [2.24, 2.45) is 0 Å². The summed E-state index contributed by atoms with van der Waals surface area (Å²) in [5.74, 6) is -2.33. The van der Waals surface area contributed by atoms with Crippen LogP contribution in [0.5, 0.6) is 0 Å². The molecular weight excluding hydrogens is 394 g/mol. The van der Waals surface area contributed by atoms with E-state index < -0.39 is 29.7 Å². The molecule has 0 bridgehead atoms. The van der Waals surface area contributed by atoms with Crippen molar-refractivity contribution in [3.63, 3.8) is 0 Å². The number of ether oxygens (including phenoxy) is 1. The van der Waals surface area contributed by atoms with E-state index in [-0.39, 0.29) is 33.2 Å². The number of amides is 3. The Morgan fingerprint density at radius 2 is 1.83 bits per heavy atom. The first-order chi connectivity index (χ1) is 13.8. The molecule has 3 rings (SSSR count). The predicted molar refractivity (Wildman–Crippen MR) is 105 cm³/mol. The van der Waals surface area contributed by atoms with Gasteiger partial charge in [0, 0.05) is 0 Å². The highest BCUT2D eigenvalue weighted by atomic mass is 32.1. The van der Waals surface area contributed by atoms with Crippen LogP contribution in [0.4, 0.5) is 5.00 Å². The quantitative estimate of drug-likeness (QED) is 0.597. The highest BCUT2D eigenvalue weighted by molar-refractivity contribution is 7.18. The lowest BCUT2D eigenvalue weighted by molar-refractivity contribution is -0.119. The molecule has 0 radical (unpaired) electrons. The molecule has 0 aliphatic carbocycles. The minimum atomic E-state index is -1.11. The molecule has 9 heteroatoms. The topological polar surface area (TPSA) is 117 Å². The van der Waals surface area contributed by atoms with E-state index in [0.717, 1.165) is 16.2 Å². The lowest BCUT2D eigenvalue weighted by Crippen LogP contribution is -2.45. The number of imide groups is 1. The van der Waals surface area contributed by atoms with Crippen LogP contribution in [0.1, 0.15) is 55.4 Å². The summed E-state index contributed by atoms with van der Waals surface area (Å²) in [5.41, 5.74) is 1.03. The van der Waals surface area contributed by atoms with Crippen molar-refractivity contribution in [3.05, 3.63) is 51.4 Å². The van der Waals surface area contributed by atoms with E-state index in [4.69, 9.17) is 4.74 Å². The largest absolute Gasteiger partial charge is 0.462 e. The minimum Gasteiger partial charge on any atom is -0.462 e. The van der Waals surface area contributed by atoms with E-state index in [9.17, 15) is 24.4 Å². The summed E-state index contributed by atoms with van der Waals surface area (Å²) in [6, 6.07) is 7.20. The van der Waals surface area contributed by atoms with Gasteiger partial charge in [-0.05, 0) is 38.5 Å². The number of carbonyl (C=O) groups excluding carboxylic acids is 4. The zero-order valence-corrected chi connectivity index (χ0v) is 16.8. The van der Waals surface area contributed by atoms with E-state index in [2.05, 4.69) is 5.32 Å². The predicted octanol–water partition coefficient (Wildman–Crippen LogP) is 2.73. The summed E-state index contributed by atoms with van der Waals surface area (Å²) in [6.07, 6.45) is 0. The number of rotatable bonds is 5. The number of nitrogens with zero attached hydrogens (tertiary/aromatic N) is 2. The van der Waals surface area contributed by atoms with Gasteiger partial charge in [-0.25, -0.2) is 4.79 Å². The van der Waals surface area contributed by atoms with Crippen LogP contribution >= 0.6 is 11.3 Å². The normalized spacial score (nSPS) is 13.7. The second-order valence-corrected chi connectivity index (χ2v) is 7.30. The summed E-state index contributed by atoms with van der Waals surface area (Å²) in [7, 11) is 0. The zero-order chi connectivity index (χ0) is 21.3. The van der Waals surface area contributed by atoms with Gasteiger partial charge in [0.1, 0.15) is 22.0 Å². The molecule has 29 heavy (non-hydrogen) atoms. The number of fused-ring (bicyclic) bond motifs is 1. The number of nitrogens with one attached hydrogen (secondary N) is 1. The van der Waals surface area contributed by atoms with Crippen LogP contribution in [0.25, 0.3) is 0 Å². The van der Waals surface area contributed by atoms with Crippen LogP contribution < -0.4 is 5.32 Å². The fourth-order valence-corrected chi connectivity index (χ4v) is 4.07. The molecule has 1 atom stereocenters. The van der Waals surface area contributed by atoms with E-state index in [0.29, 0.717) is 5.56 Å². The number of benzene rings is 1. The molecule has 8 nitrogen and oxygen atoms in total. The Morgan fingerprint density at radius 3 is 2.34 bits per heavy atom. The van der Waals surface area contributed by atoms with E-state index in [1.54, 1.807) is 26.0 Å². The standard InChI is InChI=1S/C20H17N3O5S/c1-4-28-20(27)15-10(2)14(9-21)17(29-15)22-16(24)11(3)23-18(25)12-7-5-6-8-13(12)19(23)26/h5-8,11H,4H2,1-3H3,(H,22,24)/t11-/m0/s1. The van der Waals surface area contributed by atoms with Crippen LogP contribution in [0.3, 0.4) is 0 Å². The first-order valence-corrected chi connectivity index (χ1v) is 9.61. The van der Waals surface area contributed by atoms with Crippen LogP contribution in [0.2, 0.25) is 0 Å². The first kappa shape index (κ1) is 20.2. The van der Waals surface area contributed by atoms with E-state index in [1.165, 1.54) is 19.1 Å². The lowest BCUT2D eigenvalue weighted by atomic mass is 10.1. The number of hydrogen-bond donors (Lipinski definition) is 1. The van der Waals surface area contributed by atoms with Crippen molar-refractivity contribution in [2.45, 2.75) is 26.8 Å². The van der Waals surface area contributed by atoms with Crippen molar-refractivity contribution in [1.29, 1.82) is 5.26 Å². The molecule has 2 aromatic rings. The summed E-state index contributed by atoms with van der Waals surface area (Å²) in [6.45, 7) is 4.86. The van der Waals surface area contributed by atoms with Crippen molar-refractivity contribution in [3.8, 4) is 6.07 Å². The highest BCUT2D eigenvalue weighted by Crippen LogP contribution is 2.33. The average Bonchev–Trinajstić information content (AvgIpc) is 3.15. The van der Waals surface area contributed by atoms with Gasteiger partial charge in [-0.1, -0.05) is 12.1 Å². The molecule has 1 N–H and O–H groups in total. The lowest BCUT2D eigenvalue weighted by Gasteiger charge is -2.21. The van der Waals surface area contributed by atoms with E-state index >= 15 is 0 Å². The van der Waals surface area contributed by atoms with E-state index in [1.807, 2.05) is 6.07 Å². The van der Waals surface area contributed by atoms with Crippen molar-refractivity contribution in [2.75, 3.05) is 11.9 Å². The molecular formula is C20H17N3O5S. The third kappa shape index (κ3) is 3.39. The monoisotopic (exact) mass is 411 g/mol. The average molecular weight is 411 g/mol. The molecule has 0 unspecified atom stereocenters. The molecule has 0 fully saturated rings. The van der Waals surface area contributed by atoms with Gasteiger partial charge in [0.25, 0.3) is 11.8 Å². The Labute approximate surface area is 170 Å². The van der Waals surface area contributed by atoms with Gasteiger partial charge in [0.2, 0.25) is 5.91 Å². The van der Waals surface area contributed by atoms with Crippen molar-refractivity contribution >= 4 is 40.0 Å². The smallest absolute Gasteiger partial charge is 0.348 e. The number of thiophene rings is 1. The summed E-state index contributed by atoms with van der Waals surface area (Å²) < 4.78 is 4.97. The third-order valence-electron chi connectivity index (χ3n) is 4.55. The SMILES string of the molecule is CCOC(=O)c1sc(NC(=O)[C@H](C)N2C(=O)c3ccccc3C2=O)c(C#N)c1C. The zero-order valence-electron chi connectivity index (χ0n) is 15.9. The molecule has 2 heterocycles. The third-order valence-corrected chi connectivity index (χ3v) is 5.74. The molecule has 3 amide bonds. The molecule has 0 saturated carbocycles. The Hall–Kier alpha value is -3.51. The maximum absolute atomic E-state index is 12.7. The minimum absolute atomic E-state index is 0.140. The number of hydrogen-bond acceptors (Lipinski definition) is 7. The van der Waals surface area contributed by atoms with Crippen molar-refractivity contribution < 1.29 is 23.9 Å². The van der Waals surface area contributed by atoms with Gasteiger partial charge in [0.15, 0.2) is 0 Å². The second kappa shape index (κ2) is 7.85. The fraction of sp³-hybridized carbons (Fsp3) is 0.250. The fourth-order valence-electron chi connectivity index (χ4n) is 3.02. The van der Waals surface area contributed by atoms with Gasteiger partial charge >= 0.3 is 5.97 Å². The number of anilines is 1. The van der Waals surface area contributed by atoms with Crippen LogP contribution in [-0.4, -0.2) is 41.2 Å². The number of nitriles is 1. The molecule has 1 aromatic heterocycles. The van der Waals surface area contributed by atoms with Crippen LogP contribution in [0.15, 0.2) is 24.3 Å². The summed E-state index contributed by atoms with van der Waals surface area (Å²) in [5, 5.41) is 12.2. The number of carbonyl (C=O) groups is 4. The van der Waals surface area contributed by atoms with Crippen LogP contribution in [0, 0.1) is 18.3 Å². The molecule has 148 valence electrons. The van der Waals surface area contributed by atoms with Gasteiger partial charge < -0.3 is 10.1 Å². The Balaban J connectivity index is 1.85. The Morgan fingerprint density at radius 1 is 1.24 bits per heavy atom. The molecule has 1 aromatic carbocycles. The van der Waals surface area contributed by atoms with Gasteiger partial charge in [-0.3, -0.25) is 19.3 Å². The van der Waals surface area contributed by atoms with Crippen LogP contribution in [-0.2, 0) is 9.53 Å². The van der Waals surface area contributed by atoms with Gasteiger partial charge in [0.05, 0.1) is 23.3 Å². The maximum Gasteiger partial charge on any atom is 0.348 e. The second-order valence-electron chi connectivity index (χ2n) is 6.28. The molecule has 0 spiro atoms. The summed E-state index contributed by atoms with van der Waals surface area (Å²) >= 11 is 0.919. The van der Waals surface area contributed by atoms with Crippen molar-refractivity contribution in [1.82, 2.24) is 4.90 Å². The Kier molecular flexibility index (Phi) is 5.48. The number of esters is 1. The van der Waals surface area contributed by atoms with Gasteiger partial charge in [-0.15, -0.1) is 11.3 Å². The first-order valence-electron chi connectivity index (χ1n) is 8.80. The highest BCUT2D eigenvalue weighted by Gasteiger charge is 2.40.